The number of hydrogen-bond donors (Lipinski definition) is 2. The Hall–Kier alpha value is -1.03. The van der Waals surface area contributed by atoms with E-state index in [-0.39, 0.29) is 0 Å². The van der Waals surface area contributed by atoms with Crippen LogP contribution < -0.4 is 11.1 Å². The highest BCUT2D eigenvalue weighted by Gasteiger charge is 2.23. The molecule has 1 aromatic heterocycles. The van der Waals surface area contributed by atoms with Crippen molar-refractivity contribution in [2.45, 2.75) is 38.3 Å². The van der Waals surface area contributed by atoms with Crippen molar-refractivity contribution in [2.24, 2.45) is 7.05 Å². The first-order chi connectivity index (χ1) is 6.68. The number of rotatable bonds is 1. The summed E-state index contributed by atoms with van der Waals surface area (Å²) < 4.78 is 1.88. The van der Waals surface area contributed by atoms with Gasteiger partial charge in [0.05, 0.1) is 23.6 Å². The molecule has 4 heteroatoms. The molecule has 1 aliphatic rings. The fourth-order valence-electron chi connectivity index (χ4n) is 2.24. The zero-order chi connectivity index (χ0) is 10.1. The first kappa shape index (κ1) is 9.52. The van der Waals surface area contributed by atoms with Gasteiger partial charge in [-0.15, -0.1) is 0 Å². The fraction of sp³-hybridized carbons (Fsp3) is 0.700. The van der Waals surface area contributed by atoms with Gasteiger partial charge in [-0.2, -0.15) is 5.10 Å². The maximum atomic E-state index is 5.89. The van der Waals surface area contributed by atoms with Gasteiger partial charge in [0.1, 0.15) is 0 Å². The lowest BCUT2D eigenvalue weighted by atomic mass is 9.97. The average Bonchev–Trinajstić information content (AvgIpc) is 2.46. The summed E-state index contributed by atoms with van der Waals surface area (Å²) in [5, 5.41) is 7.73. The van der Waals surface area contributed by atoms with Gasteiger partial charge in [-0.05, 0) is 26.2 Å². The molecule has 1 aliphatic heterocycles. The largest absolute Gasteiger partial charge is 0.396 e. The van der Waals surface area contributed by atoms with Crippen molar-refractivity contribution < 1.29 is 0 Å². The summed E-state index contributed by atoms with van der Waals surface area (Å²) in [5.41, 5.74) is 7.83. The summed E-state index contributed by atoms with van der Waals surface area (Å²) in [7, 11) is 1.95. The molecule has 3 N–H and O–H groups in total. The molecule has 1 fully saturated rings. The predicted molar refractivity (Wildman–Crippen MR) is 56.8 cm³/mol. The zero-order valence-electron chi connectivity index (χ0n) is 8.83. The number of aryl methyl sites for hydroxylation is 1. The van der Waals surface area contributed by atoms with Crippen molar-refractivity contribution >= 4 is 5.69 Å². The minimum absolute atomic E-state index is 0.381. The summed E-state index contributed by atoms with van der Waals surface area (Å²) in [5.74, 6) is 0. The van der Waals surface area contributed by atoms with Crippen molar-refractivity contribution in [2.75, 3.05) is 5.73 Å². The van der Waals surface area contributed by atoms with E-state index in [1.165, 1.54) is 12.8 Å². The average molecular weight is 194 g/mol. The van der Waals surface area contributed by atoms with Crippen LogP contribution in [0.1, 0.15) is 37.9 Å². The first-order valence-electron chi connectivity index (χ1n) is 5.22. The summed E-state index contributed by atoms with van der Waals surface area (Å²) in [6.07, 6.45) is 5.42. The Balaban J connectivity index is 2.21. The van der Waals surface area contributed by atoms with Crippen LogP contribution in [0.2, 0.25) is 0 Å². The Morgan fingerprint density at radius 2 is 2.36 bits per heavy atom. The van der Waals surface area contributed by atoms with Crippen molar-refractivity contribution in [3.63, 3.8) is 0 Å². The second-order valence-electron chi connectivity index (χ2n) is 4.16. The summed E-state index contributed by atoms with van der Waals surface area (Å²) in [6.45, 7) is 2.22. The van der Waals surface area contributed by atoms with Crippen LogP contribution in [-0.4, -0.2) is 15.8 Å². The van der Waals surface area contributed by atoms with Gasteiger partial charge in [-0.3, -0.25) is 4.68 Å². The third-order valence-corrected chi connectivity index (χ3v) is 2.96. The van der Waals surface area contributed by atoms with Crippen molar-refractivity contribution in [3.8, 4) is 0 Å². The summed E-state index contributed by atoms with van der Waals surface area (Å²) in [6, 6.07) is 0.967. The highest BCUT2D eigenvalue weighted by atomic mass is 15.3. The normalized spacial score (nSPS) is 27.9. The maximum Gasteiger partial charge on any atom is 0.0779 e. The monoisotopic (exact) mass is 194 g/mol. The molecule has 2 heterocycles. The molecule has 0 amide bonds. The predicted octanol–water partition coefficient (Wildman–Crippen LogP) is 1.21. The van der Waals surface area contributed by atoms with Crippen LogP contribution in [0.3, 0.4) is 0 Å². The lowest BCUT2D eigenvalue weighted by Gasteiger charge is -2.29. The van der Waals surface area contributed by atoms with E-state index < -0.39 is 0 Å². The standard InChI is InChI=1S/C10H18N4/c1-7-4-3-5-9(13-7)10-8(11)6-12-14(10)2/h6-7,9,13H,3-5,11H2,1-2H3. The number of nitrogens with zero attached hydrogens (tertiary/aromatic N) is 2. The van der Waals surface area contributed by atoms with Gasteiger partial charge in [-0.25, -0.2) is 0 Å². The van der Waals surface area contributed by atoms with Gasteiger partial charge in [0.25, 0.3) is 0 Å². The van der Waals surface area contributed by atoms with Gasteiger partial charge in [-0.1, -0.05) is 0 Å². The molecule has 0 spiro atoms. The molecule has 2 atom stereocenters. The van der Waals surface area contributed by atoms with E-state index >= 15 is 0 Å². The van der Waals surface area contributed by atoms with Crippen LogP contribution in [0.25, 0.3) is 0 Å². The second-order valence-corrected chi connectivity index (χ2v) is 4.16. The molecule has 2 unspecified atom stereocenters. The Morgan fingerprint density at radius 1 is 1.57 bits per heavy atom. The number of hydrogen-bond acceptors (Lipinski definition) is 3. The van der Waals surface area contributed by atoms with E-state index in [1.54, 1.807) is 6.20 Å². The number of aromatic nitrogens is 2. The lowest BCUT2D eigenvalue weighted by molar-refractivity contribution is 0.330. The van der Waals surface area contributed by atoms with Gasteiger partial charge in [0.15, 0.2) is 0 Å². The molecule has 0 aliphatic carbocycles. The molecule has 1 saturated heterocycles. The van der Waals surface area contributed by atoms with Crippen molar-refractivity contribution in [3.05, 3.63) is 11.9 Å². The number of anilines is 1. The van der Waals surface area contributed by atoms with Crippen LogP contribution in [0, 0.1) is 0 Å². The molecule has 1 aromatic rings. The Morgan fingerprint density at radius 3 is 2.93 bits per heavy atom. The molecule has 0 aromatic carbocycles. The zero-order valence-corrected chi connectivity index (χ0v) is 8.83. The molecule has 78 valence electrons. The first-order valence-corrected chi connectivity index (χ1v) is 5.22. The Labute approximate surface area is 84.5 Å². The van der Waals surface area contributed by atoms with Gasteiger partial charge in [0, 0.05) is 13.1 Å². The van der Waals surface area contributed by atoms with Crippen LogP contribution in [0.5, 0.6) is 0 Å². The summed E-state index contributed by atoms with van der Waals surface area (Å²) in [4.78, 5) is 0. The van der Waals surface area contributed by atoms with Crippen LogP contribution >= 0.6 is 0 Å². The van der Waals surface area contributed by atoms with Crippen LogP contribution in [0.4, 0.5) is 5.69 Å². The fourth-order valence-corrected chi connectivity index (χ4v) is 2.24. The molecular formula is C10H18N4. The highest BCUT2D eigenvalue weighted by Crippen LogP contribution is 2.28. The van der Waals surface area contributed by atoms with Crippen molar-refractivity contribution in [1.29, 1.82) is 0 Å². The van der Waals surface area contributed by atoms with E-state index in [0.717, 1.165) is 17.8 Å². The number of nitrogens with two attached hydrogens (primary N) is 1. The number of nitrogen functional groups attached to an aromatic ring is 1. The second kappa shape index (κ2) is 3.61. The van der Waals surface area contributed by atoms with Gasteiger partial charge < -0.3 is 11.1 Å². The smallest absolute Gasteiger partial charge is 0.0779 e. The highest BCUT2D eigenvalue weighted by molar-refractivity contribution is 5.42. The Bertz CT molecular complexity index is 298. The molecule has 0 radical (unpaired) electrons. The molecular weight excluding hydrogens is 176 g/mol. The quantitative estimate of drug-likeness (QED) is 0.706. The summed E-state index contributed by atoms with van der Waals surface area (Å²) >= 11 is 0. The molecule has 0 saturated carbocycles. The van der Waals surface area contributed by atoms with Gasteiger partial charge in [0.2, 0.25) is 0 Å². The SMILES string of the molecule is CC1CCCC(c2c(N)cnn2C)N1. The van der Waals surface area contributed by atoms with Crippen molar-refractivity contribution in [1.82, 2.24) is 15.1 Å². The maximum absolute atomic E-state index is 5.89. The number of nitrogens with one attached hydrogen (secondary N) is 1. The molecule has 4 nitrogen and oxygen atoms in total. The van der Waals surface area contributed by atoms with Gasteiger partial charge >= 0.3 is 0 Å². The molecule has 14 heavy (non-hydrogen) atoms. The Kier molecular flexibility index (Phi) is 2.46. The number of piperidine rings is 1. The third-order valence-electron chi connectivity index (χ3n) is 2.96. The van der Waals surface area contributed by atoms with E-state index in [1.807, 2.05) is 11.7 Å². The van der Waals surface area contributed by atoms with E-state index in [4.69, 9.17) is 5.73 Å². The molecule has 0 bridgehead atoms. The third kappa shape index (κ3) is 1.62. The molecule has 2 rings (SSSR count). The van der Waals surface area contributed by atoms with E-state index in [9.17, 15) is 0 Å². The van der Waals surface area contributed by atoms with E-state index in [2.05, 4.69) is 17.3 Å². The lowest BCUT2D eigenvalue weighted by Crippen LogP contribution is -2.35. The minimum Gasteiger partial charge on any atom is -0.396 e. The topological polar surface area (TPSA) is 55.9 Å². The van der Waals surface area contributed by atoms with E-state index in [0.29, 0.717) is 12.1 Å². The minimum atomic E-state index is 0.381. The van der Waals surface area contributed by atoms with Crippen LogP contribution in [0.15, 0.2) is 6.20 Å². The van der Waals surface area contributed by atoms with Crippen LogP contribution in [-0.2, 0) is 7.05 Å².